The van der Waals surface area contributed by atoms with Crippen LogP contribution in [0.1, 0.15) is 36.6 Å². The molecule has 0 fully saturated rings. The van der Waals surface area contributed by atoms with Crippen molar-refractivity contribution in [3.63, 3.8) is 0 Å². The van der Waals surface area contributed by atoms with Crippen LogP contribution in [0.2, 0.25) is 0 Å². The average molecular weight is 303 g/mol. The zero-order valence-electron chi connectivity index (χ0n) is 13.1. The number of hydrogen-bond donors (Lipinski definition) is 0. The van der Waals surface area contributed by atoms with Gasteiger partial charge < -0.3 is 0 Å². The predicted octanol–water partition coefficient (Wildman–Crippen LogP) is 3.39. The molecular formula is C18H17N5. The standard InChI is InChI=1S/C18H17N5/c1-12(2)14-4-5-16-17(8-14)22-15(9-19-16)7-13-3-6-18-20-11-21-23(18)10-13/h3-6,8-12H,7H2,1-2H3. The van der Waals surface area contributed by atoms with E-state index in [0.717, 1.165) is 34.4 Å². The van der Waals surface area contributed by atoms with Gasteiger partial charge in [0.25, 0.3) is 0 Å². The molecule has 0 spiro atoms. The summed E-state index contributed by atoms with van der Waals surface area (Å²) >= 11 is 0. The Morgan fingerprint density at radius 3 is 2.83 bits per heavy atom. The van der Waals surface area contributed by atoms with E-state index in [1.165, 1.54) is 5.56 Å². The molecule has 4 aromatic rings. The van der Waals surface area contributed by atoms with Gasteiger partial charge in [0, 0.05) is 18.8 Å². The molecule has 3 aromatic heterocycles. The number of benzene rings is 1. The zero-order valence-corrected chi connectivity index (χ0v) is 13.1. The van der Waals surface area contributed by atoms with Crippen molar-refractivity contribution >= 4 is 16.7 Å². The van der Waals surface area contributed by atoms with Crippen LogP contribution in [-0.2, 0) is 6.42 Å². The predicted molar refractivity (Wildman–Crippen MR) is 89.4 cm³/mol. The Morgan fingerprint density at radius 1 is 1.04 bits per heavy atom. The van der Waals surface area contributed by atoms with Crippen LogP contribution in [0.4, 0.5) is 0 Å². The van der Waals surface area contributed by atoms with Gasteiger partial charge in [0.05, 0.1) is 16.7 Å². The molecule has 0 saturated carbocycles. The number of nitrogens with zero attached hydrogens (tertiary/aromatic N) is 5. The van der Waals surface area contributed by atoms with Gasteiger partial charge in [-0.2, -0.15) is 5.10 Å². The lowest BCUT2D eigenvalue weighted by atomic mass is 10.0. The Kier molecular flexibility index (Phi) is 3.26. The molecule has 5 heteroatoms. The van der Waals surface area contributed by atoms with Gasteiger partial charge in [-0.3, -0.25) is 4.98 Å². The molecule has 0 atom stereocenters. The molecule has 4 rings (SSSR count). The van der Waals surface area contributed by atoms with Gasteiger partial charge in [0.15, 0.2) is 5.65 Å². The summed E-state index contributed by atoms with van der Waals surface area (Å²) in [6, 6.07) is 10.3. The van der Waals surface area contributed by atoms with Crippen molar-refractivity contribution in [3.8, 4) is 0 Å². The van der Waals surface area contributed by atoms with E-state index in [2.05, 4.69) is 47.1 Å². The lowest BCUT2D eigenvalue weighted by molar-refractivity contribution is 0.867. The number of aromatic nitrogens is 5. The molecular weight excluding hydrogens is 286 g/mol. The molecule has 5 nitrogen and oxygen atoms in total. The van der Waals surface area contributed by atoms with Gasteiger partial charge >= 0.3 is 0 Å². The van der Waals surface area contributed by atoms with E-state index >= 15 is 0 Å². The molecule has 0 radical (unpaired) electrons. The maximum atomic E-state index is 4.77. The van der Waals surface area contributed by atoms with E-state index in [4.69, 9.17) is 4.98 Å². The monoisotopic (exact) mass is 303 g/mol. The zero-order chi connectivity index (χ0) is 15.8. The number of fused-ring (bicyclic) bond motifs is 2. The Morgan fingerprint density at radius 2 is 1.96 bits per heavy atom. The Bertz CT molecular complexity index is 987. The van der Waals surface area contributed by atoms with Crippen LogP contribution < -0.4 is 0 Å². The maximum absolute atomic E-state index is 4.77. The van der Waals surface area contributed by atoms with Crippen molar-refractivity contribution in [2.75, 3.05) is 0 Å². The van der Waals surface area contributed by atoms with E-state index < -0.39 is 0 Å². The number of rotatable bonds is 3. The molecule has 114 valence electrons. The minimum Gasteiger partial charge on any atom is -0.253 e. The largest absolute Gasteiger partial charge is 0.253 e. The van der Waals surface area contributed by atoms with Gasteiger partial charge in [-0.15, -0.1) is 0 Å². The third-order valence-corrected chi connectivity index (χ3v) is 4.00. The third-order valence-electron chi connectivity index (χ3n) is 4.00. The smallest absolute Gasteiger partial charge is 0.155 e. The van der Waals surface area contributed by atoms with Crippen LogP contribution in [-0.4, -0.2) is 24.6 Å². The van der Waals surface area contributed by atoms with E-state index in [9.17, 15) is 0 Å². The average Bonchev–Trinajstić information content (AvgIpc) is 3.02. The van der Waals surface area contributed by atoms with Crippen molar-refractivity contribution in [2.24, 2.45) is 0 Å². The van der Waals surface area contributed by atoms with Crippen LogP contribution in [0, 0.1) is 0 Å². The Hall–Kier alpha value is -2.82. The highest BCUT2D eigenvalue weighted by molar-refractivity contribution is 5.75. The Labute approximate surface area is 134 Å². The lowest BCUT2D eigenvalue weighted by Crippen LogP contribution is -1.98. The van der Waals surface area contributed by atoms with Crippen molar-refractivity contribution in [3.05, 3.63) is 65.9 Å². The number of hydrogen-bond acceptors (Lipinski definition) is 4. The summed E-state index contributed by atoms with van der Waals surface area (Å²) in [6.45, 7) is 4.37. The summed E-state index contributed by atoms with van der Waals surface area (Å²) in [5.74, 6) is 0.486. The molecule has 0 amide bonds. The molecule has 0 aliphatic rings. The molecule has 0 unspecified atom stereocenters. The molecule has 0 saturated heterocycles. The topological polar surface area (TPSA) is 56.0 Å². The minimum absolute atomic E-state index is 0.486. The highest BCUT2D eigenvalue weighted by Gasteiger charge is 2.06. The van der Waals surface area contributed by atoms with Crippen LogP contribution in [0.25, 0.3) is 16.7 Å². The van der Waals surface area contributed by atoms with E-state index in [1.54, 1.807) is 10.8 Å². The fraction of sp³-hybridized carbons (Fsp3) is 0.222. The van der Waals surface area contributed by atoms with Crippen LogP contribution in [0.15, 0.2) is 49.1 Å². The van der Waals surface area contributed by atoms with Gasteiger partial charge in [0.2, 0.25) is 0 Å². The fourth-order valence-corrected chi connectivity index (χ4v) is 2.68. The van der Waals surface area contributed by atoms with Gasteiger partial charge in [0.1, 0.15) is 6.33 Å². The van der Waals surface area contributed by atoms with E-state index in [0.29, 0.717) is 5.92 Å². The third kappa shape index (κ3) is 2.65. The second-order valence-corrected chi connectivity index (χ2v) is 6.04. The second kappa shape index (κ2) is 5.43. The quantitative estimate of drug-likeness (QED) is 0.582. The van der Waals surface area contributed by atoms with Gasteiger partial charge in [-0.25, -0.2) is 14.5 Å². The van der Waals surface area contributed by atoms with Crippen molar-refractivity contribution in [1.29, 1.82) is 0 Å². The summed E-state index contributed by atoms with van der Waals surface area (Å²) in [7, 11) is 0. The molecule has 3 heterocycles. The van der Waals surface area contributed by atoms with Crippen LogP contribution in [0.5, 0.6) is 0 Å². The van der Waals surface area contributed by atoms with Crippen LogP contribution >= 0.6 is 0 Å². The van der Waals surface area contributed by atoms with Crippen LogP contribution in [0.3, 0.4) is 0 Å². The first-order chi connectivity index (χ1) is 11.2. The molecule has 23 heavy (non-hydrogen) atoms. The fourth-order valence-electron chi connectivity index (χ4n) is 2.68. The van der Waals surface area contributed by atoms with E-state index in [-0.39, 0.29) is 0 Å². The summed E-state index contributed by atoms with van der Waals surface area (Å²) in [5, 5.41) is 4.17. The molecule has 0 aliphatic carbocycles. The highest BCUT2D eigenvalue weighted by Crippen LogP contribution is 2.19. The first-order valence-corrected chi connectivity index (χ1v) is 7.73. The van der Waals surface area contributed by atoms with Crippen molar-refractivity contribution in [2.45, 2.75) is 26.2 Å². The first-order valence-electron chi connectivity index (χ1n) is 7.73. The van der Waals surface area contributed by atoms with Gasteiger partial charge in [-0.05, 0) is 35.2 Å². The Balaban J connectivity index is 1.70. The summed E-state index contributed by atoms with van der Waals surface area (Å²) in [5.41, 5.74) is 6.11. The second-order valence-electron chi connectivity index (χ2n) is 6.04. The molecule has 0 N–H and O–H groups in total. The minimum atomic E-state index is 0.486. The molecule has 1 aromatic carbocycles. The normalized spacial score (nSPS) is 11.6. The van der Waals surface area contributed by atoms with Crippen molar-refractivity contribution in [1.82, 2.24) is 24.6 Å². The molecule has 0 aliphatic heterocycles. The maximum Gasteiger partial charge on any atom is 0.155 e. The van der Waals surface area contributed by atoms with E-state index in [1.807, 2.05) is 24.5 Å². The molecule has 0 bridgehead atoms. The highest BCUT2D eigenvalue weighted by atomic mass is 15.3. The first kappa shape index (κ1) is 13.8. The lowest BCUT2D eigenvalue weighted by Gasteiger charge is -2.07. The summed E-state index contributed by atoms with van der Waals surface area (Å²) in [6.07, 6.45) is 6.12. The number of pyridine rings is 1. The summed E-state index contributed by atoms with van der Waals surface area (Å²) < 4.78 is 1.78. The van der Waals surface area contributed by atoms with Crippen molar-refractivity contribution < 1.29 is 0 Å². The SMILES string of the molecule is CC(C)c1ccc2ncc(Cc3ccc4ncnn4c3)nc2c1. The van der Waals surface area contributed by atoms with Gasteiger partial charge in [-0.1, -0.05) is 26.0 Å². The summed E-state index contributed by atoms with van der Waals surface area (Å²) in [4.78, 5) is 13.5.